The molecule has 1 aromatic carbocycles. The first-order valence-corrected chi connectivity index (χ1v) is 6.93. The number of carbonyl (C=O) groups is 1. The molecule has 1 unspecified atom stereocenters. The van der Waals surface area contributed by atoms with Gasteiger partial charge in [0.15, 0.2) is 0 Å². The van der Waals surface area contributed by atoms with Crippen LogP contribution in [0.3, 0.4) is 0 Å². The second-order valence-corrected chi connectivity index (χ2v) is 5.72. The summed E-state index contributed by atoms with van der Waals surface area (Å²) in [6, 6.07) is 3.79. The second kappa shape index (κ2) is 4.55. The van der Waals surface area contributed by atoms with Crippen molar-refractivity contribution >= 4 is 21.8 Å². The van der Waals surface area contributed by atoms with Crippen molar-refractivity contribution in [3.63, 3.8) is 0 Å². The quantitative estimate of drug-likeness (QED) is 0.899. The molecule has 0 bridgehead atoms. The van der Waals surface area contributed by atoms with Crippen LogP contribution in [0.5, 0.6) is 5.75 Å². The molecule has 2 N–H and O–H groups in total. The Morgan fingerprint density at radius 1 is 1.50 bits per heavy atom. The fourth-order valence-electron chi connectivity index (χ4n) is 2.59. The SMILES string of the molecule is NC1CCN(Cc2cc(Br)cc3c2OCC3)C1=O. The lowest BCUT2D eigenvalue weighted by molar-refractivity contribution is -0.129. The van der Waals surface area contributed by atoms with Crippen LogP contribution in [0, 0.1) is 0 Å². The van der Waals surface area contributed by atoms with Crippen LogP contribution in [0.25, 0.3) is 0 Å². The van der Waals surface area contributed by atoms with Crippen LogP contribution in [0.2, 0.25) is 0 Å². The standard InChI is InChI=1S/C13H15BrN2O2/c14-10-5-8-2-4-18-12(8)9(6-10)7-16-3-1-11(15)13(16)17/h5-6,11H,1-4,7,15H2. The van der Waals surface area contributed by atoms with Crippen molar-refractivity contribution in [1.82, 2.24) is 4.90 Å². The van der Waals surface area contributed by atoms with Crippen LogP contribution in [0.15, 0.2) is 16.6 Å². The largest absolute Gasteiger partial charge is 0.493 e. The van der Waals surface area contributed by atoms with Gasteiger partial charge in [-0.25, -0.2) is 0 Å². The maximum absolute atomic E-state index is 11.8. The van der Waals surface area contributed by atoms with E-state index in [1.807, 2.05) is 11.0 Å². The third-order valence-corrected chi connectivity index (χ3v) is 3.98. The number of nitrogens with two attached hydrogens (primary N) is 1. The molecule has 2 aliphatic rings. The first kappa shape index (κ1) is 12.0. The van der Waals surface area contributed by atoms with Crippen molar-refractivity contribution in [3.8, 4) is 5.75 Å². The summed E-state index contributed by atoms with van der Waals surface area (Å²) in [5.74, 6) is 0.994. The smallest absolute Gasteiger partial charge is 0.239 e. The molecule has 3 rings (SSSR count). The van der Waals surface area contributed by atoms with E-state index in [0.717, 1.165) is 41.8 Å². The van der Waals surface area contributed by atoms with E-state index in [4.69, 9.17) is 10.5 Å². The van der Waals surface area contributed by atoms with Gasteiger partial charge in [-0.05, 0) is 24.1 Å². The number of nitrogens with zero attached hydrogens (tertiary/aromatic N) is 1. The average molecular weight is 311 g/mol. The number of fused-ring (bicyclic) bond motifs is 1. The molecular weight excluding hydrogens is 296 g/mol. The van der Waals surface area contributed by atoms with Crippen molar-refractivity contribution < 1.29 is 9.53 Å². The predicted molar refractivity (Wildman–Crippen MR) is 71.4 cm³/mol. The molecule has 4 nitrogen and oxygen atoms in total. The van der Waals surface area contributed by atoms with Gasteiger partial charge < -0.3 is 15.4 Å². The van der Waals surface area contributed by atoms with Crippen LogP contribution < -0.4 is 10.5 Å². The number of carbonyl (C=O) groups excluding carboxylic acids is 1. The van der Waals surface area contributed by atoms with Gasteiger partial charge in [0.05, 0.1) is 12.6 Å². The summed E-state index contributed by atoms with van der Waals surface area (Å²) in [7, 11) is 0. The molecule has 1 amide bonds. The van der Waals surface area contributed by atoms with Crippen molar-refractivity contribution in [3.05, 3.63) is 27.7 Å². The fourth-order valence-corrected chi connectivity index (χ4v) is 3.14. The van der Waals surface area contributed by atoms with Gasteiger partial charge in [-0.3, -0.25) is 4.79 Å². The molecule has 18 heavy (non-hydrogen) atoms. The highest BCUT2D eigenvalue weighted by Gasteiger charge is 2.29. The Labute approximate surface area is 114 Å². The van der Waals surface area contributed by atoms with Gasteiger partial charge in [-0.2, -0.15) is 0 Å². The van der Waals surface area contributed by atoms with Gasteiger partial charge in [0.1, 0.15) is 5.75 Å². The first-order chi connectivity index (χ1) is 8.65. The van der Waals surface area contributed by atoms with E-state index in [0.29, 0.717) is 6.54 Å². The van der Waals surface area contributed by atoms with E-state index in [2.05, 4.69) is 22.0 Å². The summed E-state index contributed by atoms with van der Waals surface area (Å²) >= 11 is 3.51. The minimum absolute atomic E-state index is 0.0433. The molecule has 1 fully saturated rings. The Bertz CT molecular complexity index is 504. The fraction of sp³-hybridized carbons (Fsp3) is 0.462. The highest BCUT2D eigenvalue weighted by molar-refractivity contribution is 9.10. The summed E-state index contributed by atoms with van der Waals surface area (Å²) in [4.78, 5) is 13.7. The Balaban J connectivity index is 1.87. The minimum Gasteiger partial charge on any atom is -0.493 e. The number of hydrogen-bond acceptors (Lipinski definition) is 3. The van der Waals surface area contributed by atoms with Gasteiger partial charge in [0.2, 0.25) is 5.91 Å². The number of hydrogen-bond donors (Lipinski definition) is 1. The molecule has 2 aliphatic heterocycles. The van der Waals surface area contributed by atoms with Gasteiger partial charge in [0.25, 0.3) is 0 Å². The van der Waals surface area contributed by atoms with Gasteiger partial charge in [0, 0.05) is 29.5 Å². The third kappa shape index (κ3) is 2.01. The Morgan fingerprint density at radius 3 is 3.06 bits per heavy atom. The lowest BCUT2D eigenvalue weighted by Crippen LogP contribution is -2.33. The lowest BCUT2D eigenvalue weighted by atomic mass is 10.1. The number of ether oxygens (including phenoxy) is 1. The van der Waals surface area contributed by atoms with E-state index >= 15 is 0 Å². The molecule has 2 heterocycles. The molecule has 0 aromatic heterocycles. The normalized spacial score (nSPS) is 22.2. The first-order valence-electron chi connectivity index (χ1n) is 6.13. The molecule has 96 valence electrons. The Hall–Kier alpha value is -1.07. The van der Waals surface area contributed by atoms with E-state index in [-0.39, 0.29) is 11.9 Å². The number of halogens is 1. The Morgan fingerprint density at radius 2 is 2.33 bits per heavy atom. The van der Waals surface area contributed by atoms with E-state index in [1.54, 1.807) is 0 Å². The molecule has 0 saturated carbocycles. The molecule has 0 spiro atoms. The van der Waals surface area contributed by atoms with Gasteiger partial charge in [-0.1, -0.05) is 15.9 Å². The average Bonchev–Trinajstić information content (AvgIpc) is 2.90. The summed E-state index contributed by atoms with van der Waals surface area (Å²) in [6.07, 6.45) is 1.69. The lowest BCUT2D eigenvalue weighted by Gasteiger charge is -2.18. The van der Waals surface area contributed by atoms with E-state index in [9.17, 15) is 4.79 Å². The summed E-state index contributed by atoms with van der Waals surface area (Å²) in [6.45, 7) is 2.06. The zero-order valence-corrected chi connectivity index (χ0v) is 11.6. The molecule has 1 saturated heterocycles. The van der Waals surface area contributed by atoms with Crippen LogP contribution >= 0.6 is 15.9 Å². The van der Waals surface area contributed by atoms with Crippen molar-refractivity contribution in [2.75, 3.05) is 13.2 Å². The molecular formula is C13H15BrN2O2. The van der Waals surface area contributed by atoms with Gasteiger partial charge >= 0.3 is 0 Å². The van der Waals surface area contributed by atoms with Crippen molar-refractivity contribution in [1.29, 1.82) is 0 Å². The highest BCUT2D eigenvalue weighted by Crippen LogP contribution is 2.34. The van der Waals surface area contributed by atoms with Crippen LogP contribution in [0.4, 0.5) is 0 Å². The molecule has 0 radical (unpaired) electrons. The summed E-state index contributed by atoms with van der Waals surface area (Å²) < 4.78 is 6.71. The topological polar surface area (TPSA) is 55.6 Å². The molecule has 5 heteroatoms. The zero-order valence-electron chi connectivity index (χ0n) is 9.99. The van der Waals surface area contributed by atoms with Crippen LogP contribution in [0.1, 0.15) is 17.5 Å². The predicted octanol–water partition coefficient (Wildman–Crippen LogP) is 1.44. The zero-order chi connectivity index (χ0) is 12.7. The maximum Gasteiger partial charge on any atom is 0.239 e. The molecule has 0 aliphatic carbocycles. The third-order valence-electron chi connectivity index (χ3n) is 3.53. The highest BCUT2D eigenvalue weighted by atomic mass is 79.9. The number of rotatable bonds is 2. The molecule has 1 atom stereocenters. The monoisotopic (exact) mass is 310 g/mol. The minimum atomic E-state index is -0.328. The summed E-state index contributed by atoms with van der Waals surface area (Å²) in [5.41, 5.74) is 8.02. The van der Waals surface area contributed by atoms with Crippen molar-refractivity contribution in [2.45, 2.75) is 25.4 Å². The second-order valence-electron chi connectivity index (χ2n) is 4.81. The number of likely N-dealkylation sites (tertiary alicyclic amines) is 1. The van der Waals surface area contributed by atoms with E-state index < -0.39 is 0 Å². The van der Waals surface area contributed by atoms with Crippen LogP contribution in [-0.4, -0.2) is 30.0 Å². The maximum atomic E-state index is 11.8. The Kier molecular flexibility index (Phi) is 3.03. The number of amides is 1. The summed E-state index contributed by atoms with van der Waals surface area (Å²) in [5, 5.41) is 0. The van der Waals surface area contributed by atoms with Crippen LogP contribution in [-0.2, 0) is 17.8 Å². The molecule has 1 aromatic rings. The van der Waals surface area contributed by atoms with E-state index in [1.165, 1.54) is 5.56 Å². The van der Waals surface area contributed by atoms with Gasteiger partial charge in [-0.15, -0.1) is 0 Å². The van der Waals surface area contributed by atoms with Crippen molar-refractivity contribution in [2.24, 2.45) is 5.73 Å². The number of benzene rings is 1.